The standard InChI is InChI=1S/C30H35ClN2O2/c1-9-10-13-20-18-26(35-19(20)2)27(33-32-25-15-12-11-14-24(25)31)21-16-22(29(3,4)5)28(34)23(17-21)30(6,7)8/h10-18H,9H2,1-8H3/b13-10-,33-32?. The van der Waals surface area contributed by atoms with Crippen molar-refractivity contribution in [3.63, 3.8) is 0 Å². The van der Waals surface area contributed by atoms with Gasteiger partial charge in [0.05, 0.1) is 5.02 Å². The van der Waals surface area contributed by atoms with Gasteiger partial charge in [0.15, 0.2) is 11.5 Å². The maximum atomic E-state index is 13.5. The molecule has 0 aliphatic heterocycles. The number of hydrogen-bond donors (Lipinski definition) is 0. The van der Waals surface area contributed by atoms with Crippen molar-refractivity contribution in [3.05, 3.63) is 87.4 Å². The molecule has 0 amide bonds. The zero-order valence-corrected chi connectivity index (χ0v) is 22.7. The molecule has 3 rings (SSSR count). The normalized spacial score (nSPS) is 15.2. The molecule has 5 heteroatoms. The van der Waals surface area contributed by atoms with Crippen LogP contribution in [0.1, 0.15) is 72.0 Å². The fourth-order valence-corrected chi connectivity index (χ4v) is 3.96. The number of carbonyl (C=O) groups is 1. The average Bonchev–Trinajstić information content (AvgIpc) is 3.12. The first-order valence-corrected chi connectivity index (χ1v) is 12.4. The highest BCUT2D eigenvalue weighted by Crippen LogP contribution is 2.41. The second-order valence-electron chi connectivity index (χ2n) is 10.8. The van der Waals surface area contributed by atoms with Crippen LogP contribution in [0.5, 0.6) is 0 Å². The molecule has 0 N–H and O–H groups in total. The fraction of sp³-hybridized carbons (Fsp3) is 0.367. The third-order valence-corrected chi connectivity index (χ3v) is 6.13. The van der Waals surface area contributed by atoms with Crippen molar-refractivity contribution in [2.24, 2.45) is 21.1 Å². The van der Waals surface area contributed by atoms with Crippen LogP contribution in [-0.2, 0) is 4.79 Å². The number of furan rings is 1. The summed E-state index contributed by atoms with van der Waals surface area (Å²) in [7, 11) is 0. The Kier molecular flexibility index (Phi) is 7.86. The Bertz CT molecular complexity index is 1240. The zero-order valence-electron chi connectivity index (χ0n) is 22.0. The Morgan fingerprint density at radius 2 is 1.63 bits per heavy atom. The van der Waals surface area contributed by atoms with Crippen LogP contribution in [0, 0.1) is 17.8 Å². The number of azo groups is 1. The highest BCUT2D eigenvalue weighted by molar-refractivity contribution is 6.32. The number of carbonyl (C=O) groups excluding carboxylic acids is 1. The summed E-state index contributed by atoms with van der Waals surface area (Å²) in [4.78, 5) is 13.5. The van der Waals surface area contributed by atoms with Crippen molar-refractivity contribution < 1.29 is 9.21 Å². The number of ketones is 1. The molecule has 0 spiro atoms. The minimum atomic E-state index is -0.341. The summed E-state index contributed by atoms with van der Waals surface area (Å²) in [6.45, 7) is 16.3. The lowest BCUT2D eigenvalue weighted by Crippen LogP contribution is -2.28. The molecule has 0 saturated carbocycles. The third-order valence-electron chi connectivity index (χ3n) is 5.81. The molecule has 0 atom stereocenters. The minimum Gasteiger partial charge on any atom is -0.459 e. The van der Waals surface area contributed by atoms with Gasteiger partial charge in [0.25, 0.3) is 0 Å². The van der Waals surface area contributed by atoms with Gasteiger partial charge < -0.3 is 4.42 Å². The molecule has 1 aromatic heterocycles. The van der Waals surface area contributed by atoms with Gasteiger partial charge in [-0.05, 0) is 54.5 Å². The summed E-state index contributed by atoms with van der Waals surface area (Å²) in [6.07, 6.45) is 8.93. The predicted octanol–water partition coefficient (Wildman–Crippen LogP) is 9.69. The third kappa shape index (κ3) is 6.18. The average molecular weight is 491 g/mol. The van der Waals surface area contributed by atoms with Crippen LogP contribution >= 0.6 is 11.6 Å². The summed E-state index contributed by atoms with van der Waals surface area (Å²) >= 11 is 6.34. The number of allylic oxidation sites excluding steroid dienone is 6. The van der Waals surface area contributed by atoms with Gasteiger partial charge in [-0.3, -0.25) is 4.79 Å². The Morgan fingerprint density at radius 3 is 2.17 bits per heavy atom. The molecule has 1 aliphatic rings. The number of halogens is 1. The lowest BCUT2D eigenvalue weighted by Gasteiger charge is -2.31. The van der Waals surface area contributed by atoms with Crippen LogP contribution in [0.25, 0.3) is 11.8 Å². The largest absolute Gasteiger partial charge is 0.459 e. The number of hydrogen-bond acceptors (Lipinski definition) is 4. The van der Waals surface area contributed by atoms with E-state index in [2.05, 4.69) is 64.8 Å². The summed E-state index contributed by atoms with van der Waals surface area (Å²) in [5.41, 5.74) is 3.68. The summed E-state index contributed by atoms with van der Waals surface area (Å²) in [5, 5.41) is 9.62. The predicted molar refractivity (Wildman–Crippen MR) is 146 cm³/mol. The first kappa shape index (κ1) is 26.6. The van der Waals surface area contributed by atoms with Gasteiger partial charge in [0.2, 0.25) is 0 Å². The van der Waals surface area contributed by atoms with Crippen molar-refractivity contribution in [1.29, 1.82) is 0 Å². The molecule has 0 fully saturated rings. The van der Waals surface area contributed by atoms with E-state index in [-0.39, 0.29) is 16.6 Å². The molecular weight excluding hydrogens is 456 g/mol. The van der Waals surface area contributed by atoms with E-state index in [9.17, 15) is 4.79 Å². The summed E-state index contributed by atoms with van der Waals surface area (Å²) < 4.78 is 6.17. The fourth-order valence-electron chi connectivity index (χ4n) is 3.79. The monoisotopic (exact) mass is 490 g/mol. The Balaban J connectivity index is 2.32. The topological polar surface area (TPSA) is 54.9 Å². The van der Waals surface area contributed by atoms with Gasteiger partial charge in [-0.1, -0.05) is 84.4 Å². The lowest BCUT2D eigenvalue weighted by atomic mass is 9.71. The van der Waals surface area contributed by atoms with Gasteiger partial charge >= 0.3 is 0 Å². The van der Waals surface area contributed by atoms with Crippen molar-refractivity contribution in [1.82, 2.24) is 0 Å². The molecule has 184 valence electrons. The second kappa shape index (κ2) is 10.3. The molecule has 35 heavy (non-hydrogen) atoms. The smallest absolute Gasteiger partial charge is 0.186 e. The van der Waals surface area contributed by atoms with E-state index in [1.165, 1.54) is 0 Å². The maximum Gasteiger partial charge on any atom is 0.186 e. The lowest BCUT2D eigenvalue weighted by molar-refractivity contribution is -0.114. The number of aryl methyl sites for hydroxylation is 1. The van der Waals surface area contributed by atoms with Gasteiger partial charge in [0, 0.05) is 22.3 Å². The van der Waals surface area contributed by atoms with E-state index in [0.717, 1.165) is 34.5 Å². The van der Waals surface area contributed by atoms with Crippen LogP contribution in [0.15, 0.2) is 79.9 Å². The molecule has 2 aromatic rings. The van der Waals surface area contributed by atoms with Crippen molar-refractivity contribution in [2.75, 3.05) is 0 Å². The molecule has 0 radical (unpaired) electrons. The second-order valence-corrected chi connectivity index (χ2v) is 11.2. The Morgan fingerprint density at radius 1 is 1.03 bits per heavy atom. The molecule has 0 bridgehead atoms. The number of rotatable bonds is 5. The number of benzene rings is 1. The zero-order chi connectivity index (χ0) is 26.0. The van der Waals surface area contributed by atoms with Crippen LogP contribution in [0.3, 0.4) is 0 Å². The molecule has 1 aliphatic carbocycles. The van der Waals surface area contributed by atoms with Crippen LogP contribution in [-0.4, -0.2) is 5.78 Å². The summed E-state index contributed by atoms with van der Waals surface area (Å²) in [5.74, 6) is 1.45. The maximum absolute atomic E-state index is 13.5. The molecule has 0 unspecified atom stereocenters. The van der Waals surface area contributed by atoms with Gasteiger partial charge in [-0.15, -0.1) is 10.2 Å². The van der Waals surface area contributed by atoms with Crippen molar-refractivity contribution >= 4 is 34.8 Å². The minimum absolute atomic E-state index is 0.0679. The quantitative estimate of drug-likeness (QED) is 0.391. The van der Waals surface area contributed by atoms with E-state index in [1.807, 2.05) is 49.4 Å². The number of nitrogens with zero attached hydrogens (tertiary/aromatic N) is 2. The Hall–Kier alpha value is -2.98. The molecule has 0 saturated heterocycles. The van der Waals surface area contributed by atoms with E-state index in [4.69, 9.17) is 16.0 Å². The number of Topliss-reactive ketones (excluding diaryl/α,β-unsaturated/α-hetero) is 1. The van der Waals surface area contributed by atoms with Crippen molar-refractivity contribution in [2.45, 2.75) is 61.8 Å². The molecule has 1 heterocycles. The van der Waals surface area contributed by atoms with Gasteiger partial charge in [0.1, 0.15) is 17.1 Å². The van der Waals surface area contributed by atoms with E-state index in [0.29, 0.717) is 22.2 Å². The Labute approximate surface area is 214 Å². The van der Waals surface area contributed by atoms with E-state index < -0.39 is 0 Å². The van der Waals surface area contributed by atoms with Crippen molar-refractivity contribution in [3.8, 4) is 0 Å². The van der Waals surface area contributed by atoms with Crippen LogP contribution < -0.4 is 0 Å². The van der Waals surface area contributed by atoms with E-state index in [1.54, 1.807) is 6.07 Å². The molecule has 4 nitrogen and oxygen atoms in total. The summed E-state index contributed by atoms with van der Waals surface area (Å²) in [6, 6.07) is 9.29. The SMILES string of the molecule is CC/C=C\c1cc(C(N=Nc2ccccc2Cl)=C2C=C(C(C)(C)C)C(=O)C(C(C)(C)C)=C2)oc1C. The first-order chi connectivity index (χ1) is 16.3. The highest BCUT2D eigenvalue weighted by atomic mass is 35.5. The van der Waals surface area contributed by atoms with Gasteiger partial charge in [-0.25, -0.2) is 0 Å². The van der Waals surface area contributed by atoms with Crippen LogP contribution in [0.2, 0.25) is 5.02 Å². The van der Waals surface area contributed by atoms with E-state index >= 15 is 0 Å². The first-order valence-electron chi connectivity index (χ1n) is 12.0. The van der Waals surface area contributed by atoms with Gasteiger partial charge in [-0.2, -0.15) is 0 Å². The molecular formula is C30H35ClN2O2. The molecule has 1 aromatic carbocycles. The highest BCUT2D eigenvalue weighted by Gasteiger charge is 2.35. The van der Waals surface area contributed by atoms with Crippen LogP contribution in [0.4, 0.5) is 5.69 Å².